The summed E-state index contributed by atoms with van der Waals surface area (Å²) in [5, 5.41) is 20.6. The summed E-state index contributed by atoms with van der Waals surface area (Å²) in [4.78, 5) is 1.86. The van der Waals surface area contributed by atoms with Gasteiger partial charge in [-0.15, -0.1) is 0 Å². The molecule has 0 saturated carbocycles. The Labute approximate surface area is 248 Å². The number of rotatable bonds is 15. The van der Waals surface area contributed by atoms with Gasteiger partial charge in [0, 0.05) is 41.5 Å². The summed E-state index contributed by atoms with van der Waals surface area (Å²) in [6.07, 6.45) is 1.43. The zero-order chi connectivity index (χ0) is 30.9. The molecule has 1 unspecified atom stereocenters. The molecular formula is C32H42F5NO3S. The van der Waals surface area contributed by atoms with Crippen molar-refractivity contribution in [2.24, 2.45) is 0 Å². The lowest BCUT2D eigenvalue weighted by atomic mass is 9.89. The summed E-state index contributed by atoms with van der Waals surface area (Å²) < 4.78 is 77.3. The zero-order valence-electron chi connectivity index (χ0n) is 24.4. The van der Waals surface area contributed by atoms with Gasteiger partial charge in [0.05, 0.1) is 6.42 Å². The predicted molar refractivity (Wildman–Crippen MR) is 158 cm³/mol. The number of unbranched alkanes of at least 4 members (excludes halogenated alkanes) is 3. The minimum Gasteiger partial charge on any atom is -0.508 e. The molecule has 0 aromatic heterocycles. The summed E-state index contributed by atoms with van der Waals surface area (Å²) in [6, 6.07) is 8.92. The summed E-state index contributed by atoms with van der Waals surface area (Å²) in [7, 11) is -1.55. The first-order valence-electron chi connectivity index (χ1n) is 14.6. The van der Waals surface area contributed by atoms with Crippen molar-refractivity contribution < 1.29 is 36.4 Å². The molecule has 3 rings (SSSR count). The van der Waals surface area contributed by atoms with Gasteiger partial charge in [-0.3, -0.25) is 9.11 Å². The van der Waals surface area contributed by atoms with Crippen molar-refractivity contribution in [3.8, 4) is 5.75 Å². The maximum Gasteiger partial charge on any atom is 0.390 e. The van der Waals surface area contributed by atoms with Gasteiger partial charge in [0.2, 0.25) is 0 Å². The number of fused-ring (bicyclic) bond motifs is 1. The van der Waals surface area contributed by atoms with Crippen LogP contribution >= 0.6 is 0 Å². The first-order chi connectivity index (χ1) is 19.7. The molecular weight excluding hydrogens is 573 g/mol. The topological polar surface area (TPSA) is 60.8 Å². The van der Waals surface area contributed by atoms with Crippen molar-refractivity contribution in [2.45, 2.75) is 90.0 Å². The van der Waals surface area contributed by atoms with E-state index in [9.17, 15) is 36.4 Å². The van der Waals surface area contributed by atoms with Gasteiger partial charge < -0.3 is 10.2 Å². The van der Waals surface area contributed by atoms with Gasteiger partial charge in [0.15, 0.2) is 0 Å². The Kier molecular flexibility index (Phi) is 12.6. The first kappa shape index (κ1) is 34.2. The number of hydrogen-bond acceptors (Lipinski definition) is 4. The molecule has 0 saturated heterocycles. The van der Waals surface area contributed by atoms with E-state index in [1.165, 1.54) is 12.1 Å². The second-order valence-corrected chi connectivity index (χ2v) is 13.2. The standard InChI is InChI=1S/C32H42F5NO3S/c1-31(2,40)38(16-8-17-42(41)18-14-32(35,36)37)15-6-4-3-5-10-30-28(24-19-25(33)22-26(34)20-24)11-7-9-23-21-27(39)12-13-29(23)30/h12-13,19-22,39-40H,3-11,14-18H2,1-2H3. The molecule has 42 heavy (non-hydrogen) atoms. The molecule has 0 bridgehead atoms. The Hall–Kier alpha value is -2.30. The van der Waals surface area contributed by atoms with Crippen LogP contribution in [-0.2, 0) is 17.2 Å². The summed E-state index contributed by atoms with van der Waals surface area (Å²) in [5.41, 5.74) is 3.44. The van der Waals surface area contributed by atoms with E-state index in [1.54, 1.807) is 26.0 Å². The van der Waals surface area contributed by atoms with Gasteiger partial charge in [-0.2, -0.15) is 13.2 Å². The average Bonchev–Trinajstić information content (AvgIpc) is 3.05. The van der Waals surface area contributed by atoms with Crippen LogP contribution in [0.25, 0.3) is 11.1 Å². The van der Waals surface area contributed by atoms with Crippen molar-refractivity contribution in [2.75, 3.05) is 24.6 Å². The molecule has 2 aromatic rings. The number of hydrogen-bond donors (Lipinski definition) is 2. The highest BCUT2D eigenvalue weighted by atomic mass is 32.2. The molecule has 0 radical (unpaired) electrons. The van der Waals surface area contributed by atoms with E-state index in [-0.39, 0.29) is 11.5 Å². The smallest absolute Gasteiger partial charge is 0.390 e. The zero-order valence-corrected chi connectivity index (χ0v) is 25.2. The number of halogens is 5. The fraction of sp³-hybridized carbons (Fsp3) is 0.562. The molecule has 0 fully saturated rings. The quantitative estimate of drug-likeness (QED) is 0.121. The third kappa shape index (κ3) is 11.1. The van der Waals surface area contributed by atoms with Gasteiger partial charge in [-0.25, -0.2) is 8.78 Å². The predicted octanol–water partition coefficient (Wildman–Crippen LogP) is 7.99. The van der Waals surface area contributed by atoms with Crippen molar-refractivity contribution in [3.63, 3.8) is 0 Å². The van der Waals surface area contributed by atoms with E-state index in [4.69, 9.17) is 0 Å². The molecule has 0 aliphatic heterocycles. The number of phenolic OH excluding ortho intramolecular Hbond substituents is 1. The molecule has 0 heterocycles. The summed E-state index contributed by atoms with van der Waals surface area (Å²) >= 11 is 0. The van der Waals surface area contributed by atoms with Gasteiger partial charge in [-0.1, -0.05) is 18.9 Å². The highest BCUT2D eigenvalue weighted by Crippen LogP contribution is 2.40. The monoisotopic (exact) mass is 615 g/mol. The molecule has 1 aliphatic rings. The largest absolute Gasteiger partial charge is 0.508 e. The van der Waals surface area contributed by atoms with Gasteiger partial charge in [0.25, 0.3) is 0 Å². The molecule has 0 amide bonds. The molecule has 1 atom stereocenters. The maximum atomic E-state index is 14.1. The van der Waals surface area contributed by atoms with Gasteiger partial charge in [0.1, 0.15) is 23.1 Å². The van der Waals surface area contributed by atoms with E-state index in [2.05, 4.69) is 0 Å². The second kappa shape index (κ2) is 15.4. The van der Waals surface area contributed by atoms with Crippen molar-refractivity contribution in [1.29, 1.82) is 0 Å². The molecule has 234 valence electrons. The Bertz CT molecular complexity index is 1220. The number of phenols is 1. The SMILES string of the molecule is CC(C)(O)N(CCCCCCC1=C(c2cc(F)cc(F)c2)CCCc2cc(O)ccc21)CCCS(=O)CCC(F)(F)F. The van der Waals surface area contributed by atoms with Crippen molar-refractivity contribution in [1.82, 2.24) is 4.90 Å². The Balaban J connectivity index is 1.58. The molecule has 4 nitrogen and oxygen atoms in total. The number of aromatic hydroxyl groups is 1. The highest BCUT2D eigenvalue weighted by Gasteiger charge is 2.28. The van der Waals surface area contributed by atoms with Crippen LogP contribution in [0.2, 0.25) is 0 Å². The number of alkyl halides is 3. The Morgan fingerprint density at radius 3 is 2.21 bits per heavy atom. The van der Waals surface area contributed by atoms with E-state index in [1.807, 2.05) is 11.0 Å². The lowest BCUT2D eigenvalue weighted by molar-refractivity contribution is -0.129. The molecule has 10 heteroatoms. The first-order valence-corrected chi connectivity index (χ1v) is 16.1. The number of aryl methyl sites for hydroxylation is 1. The summed E-state index contributed by atoms with van der Waals surface area (Å²) in [5.74, 6) is -1.28. The van der Waals surface area contributed by atoms with Crippen molar-refractivity contribution >= 4 is 21.9 Å². The van der Waals surface area contributed by atoms with Crippen LogP contribution in [-0.4, -0.2) is 55.8 Å². The van der Waals surface area contributed by atoms with Crippen LogP contribution in [0.5, 0.6) is 5.75 Å². The minimum absolute atomic E-state index is 0.161. The fourth-order valence-corrected chi connectivity index (χ4v) is 6.66. The lowest BCUT2D eigenvalue weighted by Crippen LogP contribution is -2.45. The van der Waals surface area contributed by atoms with E-state index >= 15 is 0 Å². The van der Waals surface area contributed by atoms with Crippen molar-refractivity contribution in [3.05, 3.63) is 64.7 Å². The number of benzene rings is 2. The molecule has 2 aromatic carbocycles. The maximum absolute atomic E-state index is 14.1. The fourth-order valence-electron chi connectivity index (χ4n) is 5.55. The highest BCUT2D eigenvalue weighted by molar-refractivity contribution is 7.84. The van der Waals surface area contributed by atoms with Gasteiger partial charge >= 0.3 is 6.18 Å². The van der Waals surface area contributed by atoms with Crippen LogP contribution in [0.4, 0.5) is 22.0 Å². The third-order valence-corrected chi connectivity index (χ3v) is 9.06. The molecule has 0 spiro atoms. The van der Waals surface area contributed by atoms with Crippen LogP contribution in [0.15, 0.2) is 36.4 Å². The van der Waals surface area contributed by atoms with Gasteiger partial charge in [-0.05, 0) is 111 Å². The number of nitrogens with zero attached hydrogens (tertiary/aromatic N) is 1. The Morgan fingerprint density at radius 1 is 0.881 bits per heavy atom. The molecule has 1 aliphatic carbocycles. The average molecular weight is 616 g/mol. The molecule has 2 N–H and O–H groups in total. The van der Waals surface area contributed by atoms with Crippen LogP contribution in [0, 0.1) is 11.6 Å². The third-order valence-electron chi connectivity index (χ3n) is 7.65. The van der Waals surface area contributed by atoms with Crippen LogP contribution in [0.1, 0.15) is 88.3 Å². The minimum atomic E-state index is -4.31. The van der Waals surface area contributed by atoms with E-state index in [0.717, 1.165) is 66.9 Å². The number of aliphatic hydroxyl groups is 1. The lowest BCUT2D eigenvalue weighted by Gasteiger charge is -2.34. The number of allylic oxidation sites excluding steroid dienone is 2. The van der Waals surface area contributed by atoms with Crippen LogP contribution < -0.4 is 0 Å². The Morgan fingerprint density at radius 2 is 1.55 bits per heavy atom. The second-order valence-electron chi connectivity index (χ2n) is 11.5. The summed E-state index contributed by atoms with van der Waals surface area (Å²) in [6.45, 7) is 4.36. The van der Waals surface area contributed by atoms with Crippen LogP contribution in [0.3, 0.4) is 0 Å². The van der Waals surface area contributed by atoms with E-state index < -0.39 is 46.5 Å². The normalized spacial score (nSPS) is 15.2. The van der Waals surface area contributed by atoms with E-state index in [0.29, 0.717) is 37.9 Å².